The number of piperidine rings is 2. The van der Waals surface area contributed by atoms with Crippen molar-refractivity contribution < 1.29 is 102 Å². The normalized spacial score (nSPS) is 22.3. The lowest BCUT2D eigenvalue weighted by Gasteiger charge is -2.39. The highest BCUT2D eigenvalue weighted by molar-refractivity contribution is 6.23. The van der Waals surface area contributed by atoms with Crippen molar-refractivity contribution in [1.29, 1.82) is 0 Å². The van der Waals surface area contributed by atoms with Gasteiger partial charge in [0.15, 0.2) is 17.3 Å². The highest BCUT2D eigenvalue weighted by atomic mass is 35.5. The van der Waals surface area contributed by atoms with Gasteiger partial charge in [-0.05, 0) is 211 Å². The number of aliphatic hydroxyl groups is 4. The van der Waals surface area contributed by atoms with Crippen LogP contribution in [0.3, 0.4) is 0 Å². The van der Waals surface area contributed by atoms with Crippen LogP contribution < -0.4 is 43.0 Å². The van der Waals surface area contributed by atoms with E-state index in [4.69, 9.17) is 70.7 Å². The second kappa shape index (κ2) is 40.8. The number of alkyl halides is 2. The van der Waals surface area contributed by atoms with Crippen molar-refractivity contribution in [2.45, 2.75) is 98.2 Å². The van der Waals surface area contributed by atoms with E-state index in [1.54, 1.807) is 72.4 Å². The largest absolute Gasteiger partial charge is 0.507 e. The lowest BCUT2D eigenvalue weighted by Crippen LogP contribution is -2.60. The number of carbonyl (C=O) groups is 6. The summed E-state index contributed by atoms with van der Waals surface area (Å²) in [5.41, 5.74) is 14.0. The first-order valence-corrected chi connectivity index (χ1v) is 49.7. The predicted molar refractivity (Wildman–Crippen MR) is 556 cm³/mol. The van der Waals surface area contributed by atoms with E-state index in [0.29, 0.717) is 143 Å². The zero-order chi connectivity index (χ0) is 104. The third-order valence-electron chi connectivity index (χ3n) is 29.9. The molecule has 4 amide bonds. The topological polar surface area (TPSA) is 413 Å². The number of carbonyl (C=O) groups excluding carboxylic acids is 8. The Bertz CT molecular complexity index is 7630. The van der Waals surface area contributed by atoms with Gasteiger partial charge in [0.2, 0.25) is 17.8 Å². The number of phenols is 1. The van der Waals surface area contributed by atoms with Crippen LogP contribution in [0, 0.1) is 24.7 Å². The highest BCUT2D eigenvalue weighted by Gasteiger charge is 2.73. The Balaban J connectivity index is 0.000000123. The minimum atomic E-state index is -1.60. The van der Waals surface area contributed by atoms with Crippen LogP contribution in [-0.2, 0) is 25.2 Å². The summed E-state index contributed by atoms with van der Waals surface area (Å²) in [7, 11) is 16.6. The number of ether oxygens (including phenoxy) is 8. The molecule has 10 N–H and O–H groups in total. The van der Waals surface area contributed by atoms with Gasteiger partial charge >= 0.3 is 6.15 Å². The number of H-pyrrole nitrogens is 5. The Morgan fingerprint density at radius 1 is 0.510 bits per heavy atom. The summed E-state index contributed by atoms with van der Waals surface area (Å²) in [5.74, 6) is 4.32. The molecule has 3 saturated heterocycles. The van der Waals surface area contributed by atoms with Crippen molar-refractivity contribution >= 4 is 141 Å². The fraction of sp³-hybridized carbons (Fsp3) is 0.348. The van der Waals surface area contributed by atoms with Crippen molar-refractivity contribution in [3.05, 3.63) is 261 Å². The van der Waals surface area contributed by atoms with E-state index in [2.05, 4.69) is 53.8 Å². The molecule has 5 fully saturated rings. The average molecular weight is 2040 g/mol. The van der Waals surface area contributed by atoms with Gasteiger partial charge in [-0.1, -0.05) is 79.7 Å². The van der Waals surface area contributed by atoms with Crippen molar-refractivity contribution in [1.82, 2.24) is 49.4 Å². The van der Waals surface area contributed by atoms with E-state index >= 15 is 0 Å². The number of halogens is 2. The lowest BCUT2D eigenvalue weighted by molar-refractivity contribution is -0.277. The number of hydrogen-bond donors (Lipinski definition) is 10. The number of methoxy groups -OCH3 is 3. The third-order valence-corrected chi connectivity index (χ3v) is 30.5. The molecule has 9 aliphatic rings. The number of allylic oxidation sites excluding steroid dienone is 4. The van der Waals surface area contributed by atoms with Crippen LogP contribution in [0.2, 0.25) is 0 Å². The zero-order valence-electron chi connectivity index (χ0n) is 83.5. The van der Waals surface area contributed by atoms with Crippen LogP contribution in [0.4, 0.5) is 11.4 Å². The van der Waals surface area contributed by atoms with Crippen molar-refractivity contribution in [3.8, 4) is 46.0 Å². The molecule has 147 heavy (non-hydrogen) atoms. The van der Waals surface area contributed by atoms with Crippen LogP contribution >= 0.6 is 23.2 Å². The Labute approximate surface area is 856 Å². The molecule has 10 heterocycles. The minimum absolute atomic E-state index is 0.0139. The van der Waals surface area contributed by atoms with E-state index < -0.39 is 37.3 Å². The number of likely N-dealkylation sites (N-methyl/N-ethyl adjacent to an activating group) is 3. The number of phenolic OH excluding ortho intramolecular Hbond substituents is 1. The van der Waals surface area contributed by atoms with Gasteiger partial charge < -0.3 is 123 Å². The van der Waals surface area contributed by atoms with E-state index in [1.807, 2.05) is 212 Å². The first-order chi connectivity index (χ1) is 70.6. The van der Waals surface area contributed by atoms with Gasteiger partial charge in [-0.15, -0.1) is 23.2 Å². The van der Waals surface area contributed by atoms with Gasteiger partial charge in [-0.3, -0.25) is 28.8 Å². The highest BCUT2D eigenvalue weighted by Crippen LogP contribution is 2.71. The summed E-state index contributed by atoms with van der Waals surface area (Å²) in [6.45, 7) is 13.7. The molecule has 2 spiro atoms. The number of nitrogens with one attached hydrogen (secondary N) is 5. The van der Waals surface area contributed by atoms with Crippen LogP contribution in [0.1, 0.15) is 130 Å². The SMILES string of the molecule is COc1cc2cc(C(=O)N3C[C@H]4C[C@@]45C3=CC(=O)c3[nH]c(C)cc35)[nH]c2c(OC)c1OC.C[C@@H](Cl)[C@@H]1CN(C(=O)c2cc3cc(OCCN(C)C)ccc3[nH]2)c2cc(O)c3ccccc3c21.C[C@@H](Cl)[C@@H]1CN(C(=O)c2cc3cc(OCCN(C)C)ccc3[nH]2)c2cc(O[C@@H]3O[C@H](CO)[C@H](O)[C@H](O)[C@H]3O)c3ccccc3c21.C[C@H]1[C@@H]2CN(C(=O)c3cc4cc(OCCN(C)C)ccc4[nH]3)C3=CC(=O)c4ccccc4[C@@]312.O=C=O. The number of benzene rings is 9. The number of fused-ring (bicyclic) bond motifs is 12. The first kappa shape index (κ1) is 101. The molecular weight excluding hydrogens is 1920 g/mol. The lowest BCUT2D eigenvalue weighted by atomic mass is 9.80. The third kappa shape index (κ3) is 18.4. The quantitative estimate of drug-likeness (QED) is 0.0251. The van der Waals surface area contributed by atoms with Gasteiger partial charge in [0.25, 0.3) is 23.6 Å². The molecule has 4 aliphatic carbocycles. The van der Waals surface area contributed by atoms with Crippen LogP contribution in [-0.4, -0.2) is 294 Å². The molecule has 0 bridgehead atoms. The fourth-order valence-electron chi connectivity index (χ4n) is 22.4. The number of rotatable bonds is 24. The number of aromatic amines is 5. The Hall–Kier alpha value is -14.3. The fourth-order valence-corrected chi connectivity index (χ4v) is 22.8. The Morgan fingerprint density at radius 2 is 0.980 bits per heavy atom. The van der Waals surface area contributed by atoms with Crippen LogP contribution in [0.5, 0.6) is 46.0 Å². The Kier molecular flexibility index (Phi) is 28.1. The van der Waals surface area contributed by atoms with E-state index in [-0.39, 0.29) is 80.5 Å². The van der Waals surface area contributed by atoms with Gasteiger partial charge in [0.1, 0.15) is 95.8 Å². The summed E-state index contributed by atoms with van der Waals surface area (Å²) in [6, 6.07) is 55.0. The molecule has 23 rings (SSSR count). The van der Waals surface area contributed by atoms with E-state index in [9.17, 15) is 54.3 Å². The number of aryl methyl sites for hydroxylation is 1. The maximum Gasteiger partial charge on any atom is 0.373 e. The smallest absolute Gasteiger partial charge is 0.373 e. The van der Waals surface area contributed by atoms with Crippen LogP contribution in [0.25, 0.3) is 65.2 Å². The Morgan fingerprint density at radius 3 is 1.49 bits per heavy atom. The number of amides is 4. The minimum Gasteiger partial charge on any atom is -0.507 e. The molecule has 14 aromatic rings. The van der Waals surface area contributed by atoms with E-state index in [0.717, 1.165) is 137 Å². The summed E-state index contributed by atoms with van der Waals surface area (Å²) in [4.78, 5) is 126. The summed E-state index contributed by atoms with van der Waals surface area (Å²) >= 11 is 13.3. The van der Waals surface area contributed by atoms with Gasteiger partial charge in [0, 0.05) is 175 Å². The molecule has 9 aromatic carbocycles. The average Bonchev–Trinajstić information content (AvgIpc) is 1.50. The van der Waals surface area contributed by atoms with Crippen molar-refractivity contribution in [2.75, 3.05) is 146 Å². The number of likely N-dealkylation sites (tertiary alicyclic amines) is 2. The number of aliphatic hydroxyl groups excluding tert-OH is 4. The molecule has 14 atom stereocenters. The first-order valence-electron chi connectivity index (χ1n) is 48.8. The standard InChI is InChI=1S/C33H38ClN3O8.C27H28ClN3O3.C27H27N3O3.C24H23N3O5.CO2/c1-17(34)22-15-37(32(42)24-13-18-12-19(8-9-23(18)35-24)43-11-10-36(2)3)25-14-26(20-6-4-5-7-21(20)28(22)25)44-33-31(41)30(40)29(39)27(16-38)45-33;1-16(28)21-15-31(24-14-25(32)19-6-4-5-7-20(19)26(21)24)27(33)23-13-17-12-18(8-9-22(17)29-23)34-11-10-30(2)3;1-16-21-15-30(25-14-24(31)19-6-4-5-7-20(19)27(16,21)25)26(32)23-13-17-12-18(8-9-22(17)28-23)33-11-10-29(2)3;1-11-5-14-20(25-11)16(28)8-18-24(14)9-13(24)10-27(18)23(29)15-6-12-7-17(30-2)21(31-3)22(32-4)19(12)26-15;2-1-3/h4-9,12-14,17,22,27,29-31,33,35,38-41H,10-11,15-16H2,1-3H3;4-9,12-14,16,21,29,32H,10-11,15H2,1-3H3;4-9,12-14,16,21,28H,10-11,15H2,1-3H3;5-8,13,25-26H,9-10H2,1-4H3;/t17-,22+,27-,29+,30+,31-,33-;16-,21+;16-,21-,27-;13-,24-;/m1101./s1. The maximum absolute atomic E-state index is 14.2. The second-order valence-electron chi connectivity index (χ2n) is 39.6. The molecule has 5 aromatic heterocycles. The summed E-state index contributed by atoms with van der Waals surface area (Å²) in [5, 5.41) is 57.8. The van der Waals surface area contributed by atoms with E-state index in [1.165, 1.54) is 0 Å². The molecule has 764 valence electrons. The zero-order valence-corrected chi connectivity index (χ0v) is 85.0. The number of anilines is 2. The number of aromatic nitrogens is 5. The molecule has 0 radical (unpaired) electrons. The van der Waals surface area contributed by atoms with Gasteiger partial charge in [0.05, 0.1) is 50.5 Å². The molecule has 0 unspecified atom stereocenters. The van der Waals surface area contributed by atoms with Gasteiger partial charge in [-0.2, -0.15) is 9.59 Å². The number of hydrogen-bond acceptors (Lipinski definition) is 24. The number of aromatic hydroxyl groups is 1. The molecule has 5 aliphatic heterocycles. The molecule has 35 heteroatoms. The van der Waals surface area contributed by atoms with Crippen molar-refractivity contribution in [3.63, 3.8) is 0 Å². The second-order valence-corrected chi connectivity index (χ2v) is 41.0. The predicted octanol–water partition coefficient (Wildman–Crippen LogP) is 14.7. The van der Waals surface area contributed by atoms with Crippen molar-refractivity contribution in [2.24, 2.45) is 17.8 Å². The summed E-state index contributed by atoms with van der Waals surface area (Å²) in [6.07, 6.45) is -2.67. The number of nitrogens with zero attached hydrogens (tertiary/aromatic N) is 7. The maximum atomic E-state index is 14.2. The molecule has 2 saturated carbocycles. The molecular formula is C112H116Cl2N12O21. The number of ketones is 2. The van der Waals surface area contributed by atoms with Crippen LogP contribution in [0.15, 0.2) is 199 Å². The van der Waals surface area contributed by atoms with Gasteiger partial charge in [-0.25, -0.2) is 0 Å². The molecule has 33 nitrogen and oxygen atoms in total. The monoisotopic (exact) mass is 2030 g/mol. The summed E-state index contributed by atoms with van der Waals surface area (Å²) < 4.78 is 45.8.